The second kappa shape index (κ2) is 45.5. The number of hydrogen-bond donors (Lipinski definition) is 1. The second-order valence-electron chi connectivity index (χ2n) is 39.5. The summed E-state index contributed by atoms with van der Waals surface area (Å²) in [5, 5.41) is 4.90. The number of nitrogens with zero attached hydrogens (tertiary/aromatic N) is 5. The summed E-state index contributed by atoms with van der Waals surface area (Å²) in [7, 11) is 0. The van der Waals surface area contributed by atoms with Crippen LogP contribution in [0.5, 0.6) is 0 Å². The van der Waals surface area contributed by atoms with Crippen LogP contribution in [0.4, 0.5) is 17.1 Å². The van der Waals surface area contributed by atoms with Crippen LogP contribution < -0.4 is 15.1 Å². The van der Waals surface area contributed by atoms with Crippen molar-refractivity contribution in [3.63, 3.8) is 0 Å². The standard InChI is InChI=1S/C16H24.2C15H23N.C14H21N.C14H19N.C12H19N.C12H18.C11H17N/c1-11(2)13-5-7-16-10-14(12(3)4)6-8-15(16)9-13;1-10(2)12-5-6-14-13(11(3)4)7-8-16-15(14)9-12;1-11(2)13-7-8-15-14(10-13)6-5-9-16(15)12(3)4;2*1-10(2)12-5-6-14-13(9-12)7-8-15(14)11(3)4;1-9(2)11-7-6-10(8-13-11)12(3,4)5;1-9(2)11-5-7-12(8-6-11)10(3)4;1-8(2)10-5-6-11(9(3)4)12-7-10/h5,7,9,11-12,14H,6,8,10H2,1-4H3;5-6,9-11,13,16H,7-8H2,1-4H3;7-8,10-12H,5-6,9H2,1-4H3;5-6,9-11H,7-8H2,1-4H3;5-11H,1-4H3;6-9H,1-5H3;5-10H,1-4H3;5-9H,1-4H3. The Balaban J connectivity index is 0.000000205. The molecule has 6 nitrogen and oxygen atoms in total. The summed E-state index contributed by atoms with van der Waals surface area (Å²) < 4.78 is 2.32. The predicted octanol–water partition coefficient (Wildman–Crippen LogP) is 31.6. The van der Waals surface area contributed by atoms with Crippen molar-refractivity contribution in [3.8, 4) is 0 Å². The molecule has 2 atom stereocenters. The quantitative estimate of drug-likeness (QED) is 0.111. The van der Waals surface area contributed by atoms with Crippen LogP contribution in [-0.4, -0.2) is 46.3 Å². The summed E-state index contributed by atoms with van der Waals surface area (Å²) in [6.45, 7) is 77.6. The van der Waals surface area contributed by atoms with Crippen LogP contribution >= 0.6 is 0 Å². The van der Waals surface area contributed by atoms with Crippen LogP contribution in [0.2, 0.25) is 0 Å². The largest absolute Gasteiger partial charge is 0.385 e. The third-order valence-electron chi connectivity index (χ3n) is 24.2. The lowest BCUT2D eigenvalue weighted by molar-refractivity contribution is 0.343. The van der Waals surface area contributed by atoms with Crippen molar-refractivity contribution in [2.75, 3.05) is 34.8 Å². The zero-order valence-electron chi connectivity index (χ0n) is 79.2. The zero-order valence-corrected chi connectivity index (χ0v) is 79.2. The Hall–Kier alpha value is -7.44. The van der Waals surface area contributed by atoms with Crippen LogP contribution in [0, 0.1) is 17.8 Å². The molecule has 0 spiro atoms. The van der Waals surface area contributed by atoms with E-state index in [4.69, 9.17) is 0 Å². The third-order valence-corrected chi connectivity index (χ3v) is 24.2. The molecule has 6 heterocycles. The number of nitrogens with one attached hydrogen (secondary N) is 1. The molecule has 2 unspecified atom stereocenters. The summed E-state index contributed by atoms with van der Waals surface area (Å²) >= 11 is 0. The first-order valence-corrected chi connectivity index (χ1v) is 45.5. The fourth-order valence-corrected chi connectivity index (χ4v) is 15.8. The van der Waals surface area contributed by atoms with Crippen LogP contribution in [-0.2, 0) is 31.1 Å². The molecule has 9 aromatic rings. The Morgan fingerprint density at radius 2 is 0.791 bits per heavy atom. The smallest absolute Gasteiger partial charge is 0.0482 e. The third kappa shape index (κ3) is 29.0. The predicted molar refractivity (Wildman–Crippen MR) is 511 cm³/mol. The Morgan fingerprint density at radius 1 is 0.357 bits per heavy atom. The fraction of sp³-hybridized carbons (Fsp3) is 0.560. The minimum absolute atomic E-state index is 0.211. The first kappa shape index (κ1) is 96.4. The second-order valence-corrected chi connectivity index (χ2v) is 39.5. The van der Waals surface area contributed by atoms with Gasteiger partial charge < -0.3 is 19.7 Å². The van der Waals surface area contributed by atoms with E-state index in [0.717, 1.165) is 30.2 Å². The Bertz CT molecular complexity index is 4110. The van der Waals surface area contributed by atoms with Crippen LogP contribution in [0.15, 0.2) is 164 Å². The van der Waals surface area contributed by atoms with E-state index < -0.39 is 0 Å². The number of aryl methyl sites for hydroxylation is 2. The van der Waals surface area contributed by atoms with E-state index in [-0.39, 0.29) is 5.41 Å². The van der Waals surface area contributed by atoms with E-state index in [0.29, 0.717) is 77.3 Å². The molecule has 630 valence electrons. The van der Waals surface area contributed by atoms with Gasteiger partial charge in [0.1, 0.15) is 0 Å². The molecule has 0 radical (unpaired) electrons. The van der Waals surface area contributed by atoms with Gasteiger partial charge in [-0.1, -0.05) is 284 Å². The van der Waals surface area contributed by atoms with Gasteiger partial charge in [-0.05, 0) is 307 Å². The number of hydrogen-bond acceptors (Lipinski definition) is 5. The molecular formula is C109H164N6. The average Bonchev–Trinajstić information content (AvgIpc) is 1.80. The van der Waals surface area contributed by atoms with Crippen molar-refractivity contribution in [3.05, 3.63) is 253 Å². The molecule has 3 aliphatic heterocycles. The molecule has 3 aromatic heterocycles. The van der Waals surface area contributed by atoms with Gasteiger partial charge in [0, 0.05) is 90.3 Å². The summed E-state index contributed by atoms with van der Waals surface area (Å²) in [4.78, 5) is 13.9. The van der Waals surface area contributed by atoms with Gasteiger partial charge in [-0.2, -0.15) is 0 Å². The van der Waals surface area contributed by atoms with Crippen molar-refractivity contribution in [2.45, 2.75) is 362 Å². The number of rotatable bonds is 15. The van der Waals surface area contributed by atoms with E-state index in [1.165, 1.54) is 159 Å². The first-order chi connectivity index (χ1) is 54.1. The molecule has 6 heteroatoms. The van der Waals surface area contributed by atoms with Gasteiger partial charge >= 0.3 is 0 Å². The lowest BCUT2D eigenvalue weighted by Crippen LogP contribution is -2.35. The van der Waals surface area contributed by atoms with Crippen molar-refractivity contribution in [2.24, 2.45) is 17.8 Å². The first-order valence-electron chi connectivity index (χ1n) is 45.5. The molecule has 4 aliphatic rings. The Morgan fingerprint density at radius 3 is 1.23 bits per heavy atom. The minimum Gasteiger partial charge on any atom is -0.385 e. The van der Waals surface area contributed by atoms with Crippen LogP contribution in [0.3, 0.4) is 0 Å². The molecule has 0 amide bonds. The molecule has 6 aromatic carbocycles. The highest BCUT2D eigenvalue weighted by Gasteiger charge is 2.26. The normalized spacial score (nSPS) is 15.0. The highest BCUT2D eigenvalue weighted by Crippen LogP contribution is 2.40. The molecule has 1 aliphatic carbocycles. The topological polar surface area (TPSA) is 49.2 Å². The maximum Gasteiger partial charge on any atom is 0.0482 e. The number of pyridine rings is 2. The molecule has 0 saturated carbocycles. The maximum absolute atomic E-state index is 4.44. The average molecular weight is 1560 g/mol. The van der Waals surface area contributed by atoms with Gasteiger partial charge in [-0.15, -0.1) is 0 Å². The SMILES string of the molecule is CC(C)c1ccc(C(C)(C)C)cn1.CC(C)c1ccc(C(C)C)cc1.CC(C)c1ccc(C(C)C)nc1.CC(C)c1ccc2c(c1)CCC(C(C)C)C2.CC(C)c1ccc2c(c1)CCCN2C(C)C.CC(C)c1ccc2c(c1)CCN2C(C)C.CC(C)c1ccc2c(c1)NCCC2C(C)C.CC(C)c1ccc2c(ccn2C(C)C)c1. The summed E-state index contributed by atoms with van der Waals surface area (Å²) in [5.74, 6) is 9.30. The van der Waals surface area contributed by atoms with Gasteiger partial charge in [-0.3, -0.25) is 9.97 Å². The number of benzene rings is 6. The van der Waals surface area contributed by atoms with E-state index in [2.05, 4.69) is 410 Å². The number of fused-ring (bicyclic) bond motifs is 5. The number of anilines is 3. The maximum atomic E-state index is 4.44. The van der Waals surface area contributed by atoms with Gasteiger partial charge in [0.25, 0.3) is 0 Å². The Kier molecular flexibility index (Phi) is 38.1. The molecule has 13 rings (SSSR count). The van der Waals surface area contributed by atoms with E-state index in [9.17, 15) is 0 Å². The molecule has 0 saturated heterocycles. The minimum atomic E-state index is 0.211. The highest BCUT2D eigenvalue weighted by molar-refractivity contribution is 5.81. The molecule has 115 heavy (non-hydrogen) atoms. The van der Waals surface area contributed by atoms with Crippen molar-refractivity contribution in [1.29, 1.82) is 0 Å². The number of aromatic nitrogens is 3. The van der Waals surface area contributed by atoms with E-state index >= 15 is 0 Å². The van der Waals surface area contributed by atoms with E-state index in [1.54, 1.807) is 16.7 Å². The van der Waals surface area contributed by atoms with Crippen molar-refractivity contribution < 1.29 is 0 Å². The van der Waals surface area contributed by atoms with Crippen LogP contribution in [0.25, 0.3) is 10.9 Å². The monoisotopic (exact) mass is 1560 g/mol. The van der Waals surface area contributed by atoms with Crippen molar-refractivity contribution >= 4 is 28.0 Å². The van der Waals surface area contributed by atoms with Gasteiger partial charge in [0.15, 0.2) is 0 Å². The molecular weight excluding hydrogens is 1390 g/mol. The zero-order chi connectivity index (χ0) is 85.5. The highest BCUT2D eigenvalue weighted by atomic mass is 15.2. The lowest BCUT2D eigenvalue weighted by atomic mass is 9.77. The molecule has 0 fully saturated rings. The summed E-state index contributed by atoms with van der Waals surface area (Å²) in [6.07, 6.45) is 15.2. The van der Waals surface area contributed by atoms with Gasteiger partial charge in [-0.25, -0.2) is 0 Å². The van der Waals surface area contributed by atoms with Gasteiger partial charge in [0.05, 0.1) is 0 Å². The van der Waals surface area contributed by atoms with E-state index in [1.807, 2.05) is 12.4 Å². The van der Waals surface area contributed by atoms with Crippen LogP contribution in [0.1, 0.15) is 408 Å². The van der Waals surface area contributed by atoms with Gasteiger partial charge in [0.2, 0.25) is 0 Å². The molecule has 1 N–H and O–H groups in total. The van der Waals surface area contributed by atoms with Crippen molar-refractivity contribution in [1.82, 2.24) is 14.5 Å². The summed E-state index contributed by atoms with van der Waals surface area (Å²) in [5.41, 5.74) is 28.8. The fourth-order valence-electron chi connectivity index (χ4n) is 15.8. The summed E-state index contributed by atoms with van der Waals surface area (Å²) in [6, 6.07) is 56.4. The molecule has 0 bridgehead atoms. The Labute approximate surface area is 706 Å². The lowest BCUT2D eigenvalue weighted by Gasteiger charge is -2.35.